The van der Waals surface area contributed by atoms with Crippen molar-refractivity contribution in [2.24, 2.45) is 0 Å². The molecule has 0 bridgehead atoms. The largest absolute Gasteiger partial charge is 0.483 e. The van der Waals surface area contributed by atoms with Crippen molar-refractivity contribution in [2.45, 2.75) is 53.1 Å². The van der Waals surface area contributed by atoms with Gasteiger partial charge in [0.1, 0.15) is 17.6 Å². The zero-order chi connectivity index (χ0) is 22.1. The second kappa shape index (κ2) is 11.3. The van der Waals surface area contributed by atoms with Crippen molar-refractivity contribution in [2.75, 3.05) is 13.2 Å². The van der Waals surface area contributed by atoms with Gasteiger partial charge in [0.25, 0.3) is 5.91 Å². The predicted molar refractivity (Wildman–Crippen MR) is 116 cm³/mol. The number of benzene rings is 2. The van der Waals surface area contributed by atoms with E-state index in [4.69, 9.17) is 4.74 Å². The lowest BCUT2D eigenvalue weighted by Gasteiger charge is -2.30. The Labute approximate surface area is 178 Å². The number of aryl methyl sites for hydroxylation is 2. The molecule has 0 aliphatic heterocycles. The van der Waals surface area contributed by atoms with Gasteiger partial charge in [0.2, 0.25) is 5.91 Å². The van der Waals surface area contributed by atoms with Crippen LogP contribution in [0.15, 0.2) is 42.5 Å². The second-order valence-corrected chi connectivity index (χ2v) is 7.42. The van der Waals surface area contributed by atoms with Gasteiger partial charge in [-0.05, 0) is 56.0 Å². The molecule has 2 amide bonds. The highest BCUT2D eigenvalue weighted by molar-refractivity contribution is 5.88. The lowest BCUT2D eigenvalue weighted by Crippen LogP contribution is -2.50. The lowest BCUT2D eigenvalue weighted by atomic mass is 10.1. The molecule has 0 aliphatic rings. The van der Waals surface area contributed by atoms with E-state index in [1.807, 2.05) is 45.9 Å². The Bertz CT molecular complexity index is 852. The van der Waals surface area contributed by atoms with Crippen LogP contribution in [0.25, 0.3) is 0 Å². The Balaban J connectivity index is 2.20. The molecule has 0 saturated carbocycles. The molecule has 0 unspecified atom stereocenters. The summed E-state index contributed by atoms with van der Waals surface area (Å²) < 4.78 is 19.0. The Morgan fingerprint density at radius 1 is 1.10 bits per heavy atom. The van der Waals surface area contributed by atoms with Crippen LogP contribution in [0.3, 0.4) is 0 Å². The van der Waals surface area contributed by atoms with E-state index in [1.54, 1.807) is 12.1 Å². The van der Waals surface area contributed by atoms with Gasteiger partial charge in [-0.3, -0.25) is 9.59 Å². The number of rotatable bonds is 10. The van der Waals surface area contributed by atoms with E-state index < -0.39 is 6.04 Å². The average Bonchev–Trinajstić information content (AvgIpc) is 2.72. The molecule has 0 aromatic heterocycles. The maximum atomic E-state index is 13.3. The van der Waals surface area contributed by atoms with E-state index in [-0.39, 0.29) is 30.8 Å². The van der Waals surface area contributed by atoms with Crippen molar-refractivity contribution >= 4 is 11.8 Å². The number of nitrogens with zero attached hydrogens (tertiary/aromatic N) is 1. The van der Waals surface area contributed by atoms with Gasteiger partial charge in [0, 0.05) is 13.1 Å². The molecule has 30 heavy (non-hydrogen) atoms. The average molecular weight is 415 g/mol. The summed E-state index contributed by atoms with van der Waals surface area (Å²) >= 11 is 0. The van der Waals surface area contributed by atoms with Crippen molar-refractivity contribution in [1.82, 2.24) is 10.2 Å². The summed E-state index contributed by atoms with van der Waals surface area (Å²) in [5.41, 5.74) is 2.81. The Kier molecular flexibility index (Phi) is 8.84. The zero-order valence-electron chi connectivity index (χ0n) is 18.2. The number of nitrogens with one attached hydrogen (secondary N) is 1. The summed E-state index contributed by atoms with van der Waals surface area (Å²) in [6, 6.07) is 11.1. The van der Waals surface area contributed by atoms with Crippen molar-refractivity contribution in [3.63, 3.8) is 0 Å². The Hall–Kier alpha value is -2.89. The molecule has 1 N–H and O–H groups in total. The van der Waals surface area contributed by atoms with E-state index in [2.05, 4.69) is 5.32 Å². The van der Waals surface area contributed by atoms with Crippen LogP contribution in [0.5, 0.6) is 5.75 Å². The monoisotopic (exact) mass is 414 g/mol. The quantitative estimate of drug-likeness (QED) is 0.635. The summed E-state index contributed by atoms with van der Waals surface area (Å²) in [4.78, 5) is 27.3. The Morgan fingerprint density at radius 3 is 2.40 bits per heavy atom. The van der Waals surface area contributed by atoms with Crippen molar-refractivity contribution in [1.29, 1.82) is 0 Å². The normalized spacial score (nSPS) is 11.6. The summed E-state index contributed by atoms with van der Waals surface area (Å²) in [5.74, 6) is -0.194. The van der Waals surface area contributed by atoms with Crippen LogP contribution in [0.2, 0.25) is 0 Å². The highest BCUT2D eigenvalue weighted by Gasteiger charge is 2.28. The first-order valence-corrected chi connectivity index (χ1v) is 10.4. The summed E-state index contributed by atoms with van der Waals surface area (Å²) in [5, 5.41) is 2.87. The molecule has 2 aromatic carbocycles. The molecule has 0 spiro atoms. The highest BCUT2D eigenvalue weighted by atomic mass is 19.1. The maximum Gasteiger partial charge on any atom is 0.261 e. The van der Waals surface area contributed by atoms with E-state index in [1.165, 1.54) is 17.0 Å². The van der Waals surface area contributed by atoms with Crippen LogP contribution >= 0.6 is 0 Å². The number of amides is 2. The third-order valence-electron chi connectivity index (χ3n) is 4.88. The molecule has 2 aromatic rings. The molecule has 0 radical (unpaired) electrons. The minimum Gasteiger partial charge on any atom is -0.483 e. The van der Waals surface area contributed by atoms with Gasteiger partial charge >= 0.3 is 0 Å². The summed E-state index contributed by atoms with van der Waals surface area (Å²) in [7, 11) is 0. The van der Waals surface area contributed by atoms with Gasteiger partial charge in [-0.15, -0.1) is 0 Å². The smallest absolute Gasteiger partial charge is 0.261 e. The van der Waals surface area contributed by atoms with Crippen LogP contribution < -0.4 is 10.1 Å². The van der Waals surface area contributed by atoms with Crippen molar-refractivity contribution in [3.8, 4) is 5.75 Å². The van der Waals surface area contributed by atoms with E-state index >= 15 is 0 Å². The molecule has 6 heteroatoms. The molecular formula is C24H31FN2O3. The minimum absolute atomic E-state index is 0.178. The first kappa shape index (κ1) is 23.4. The van der Waals surface area contributed by atoms with Gasteiger partial charge in [-0.1, -0.05) is 43.7 Å². The first-order chi connectivity index (χ1) is 14.3. The fourth-order valence-electron chi connectivity index (χ4n) is 3.26. The number of carbonyl (C=O) groups is 2. The maximum absolute atomic E-state index is 13.3. The third kappa shape index (κ3) is 6.58. The van der Waals surface area contributed by atoms with Crippen molar-refractivity contribution < 1.29 is 18.7 Å². The van der Waals surface area contributed by atoms with E-state index in [0.29, 0.717) is 18.7 Å². The van der Waals surface area contributed by atoms with Crippen molar-refractivity contribution in [3.05, 3.63) is 65.0 Å². The molecule has 5 nitrogen and oxygen atoms in total. The van der Waals surface area contributed by atoms with Gasteiger partial charge in [-0.2, -0.15) is 0 Å². The van der Waals surface area contributed by atoms with E-state index in [0.717, 1.165) is 23.1 Å². The highest BCUT2D eigenvalue weighted by Crippen LogP contribution is 2.19. The van der Waals surface area contributed by atoms with Crippen LogP contribution in [-0.2, 0) is 16.1 Å². The standard InChI is InChI=1S/C24H31FN2O3/c1-5-13-26-24(29)21(6-2)27(15-19-8-10-20(25)11-9-19)23(28)16-30-22-12-7-17(3)14-18(22)4/h7-12,14,21H,5-6,13,15-16H2,1-4H3,(H,26,29)/t21-/m1/s1. The molecule has 2 rings (SSSR count). The summed E-state index contributed by atoms with van der Waals surface area (Å²) in [6.07, 6.45) is 1.27. The van der Waals surface area contributed by atoms with Crippen LogP contribution in [0.1, 0.15) is 43.4 Å². The minimum atomic E-state index is -0.628. The van der Waals surface area contributed by atoms with Gasteiger partial charge in [-0.25, -0.2) is 4.39 Å². The fourth-order valence-corrected chi connectivity index (χ4v) is 3.26. The molecular weight excluding hydrogens is 383 g/mol. The summed E-state index contributed by atoms with van der Waals surface area (Å²) in [6.45, 7) is 8.33. The molecule has 162 valence electrons. The van der Waals surface area contributed by atoms with E-state index in [9.17, 15) is 14.0 Å². The van der Waals surface area contributed by atoms with Gasteiger partial charge in [0.05, 0.1) is 0 Å². The van der Waals surface area contributed by atoms with Crippen LogP contribution in [0, 0.1) is 19.7 Å². The van der Waals surface area contributed by atoms with Crippen LogP contribution in [-0.4, -0.2) is 35.9 Å². The number of hydrogen-bond donors (Lipinski definition) is 1. The van der Waals surface area contributed by atoms with Gasteiger partial charge in [0.15, 0.2) is 6.61 Å². The zero-order valence-corrected chi connectivity index (χ0v) is 18.2. The number of ether oxygens (including phenoxy) is 1. The Morgan fingerprint density at radius 2 is 1.80 bits per heavy atom. The predicted octanol–water partition coefficient (Wildman–Crippen LogP) is 4.15. The second-order valence-electron chi connectivity index (χ2n) is 7.42. The number of halogens is 1. The topological polar surface area (TPSA) is 58.6 Å². The number of carbonyl (C=O) groups excluding carboxylic acids is 2. The SMILES string of the molecule is CCCNC(=O)[C@@H](CC)N(Cc1ccc(F)cc1)C(=O)COc1ccc(C)cc1C. The number of hydrogen-bond acceptors (Lipinski definition) is 3. The fraction of sp³-hybridized carbons (Fsp3) is 0.417. The molecule has 0 fully saturated rings. The molecule has 0 aliphatic carbocycles. The van der Waals surface area contributed by atoms with Crippen LogP contribution in [0.4, 0.5) is 4.39 Å². The molecule has 0 saturated heterocycles. The molecule has 1 atom stereocenters. The third-order valence-corrected chi connectivity index (χ3v) is 4.88. The first-order valence-electron chi connectivity index (χ1n) is 10.4. The molecule has 0 heterocycles. The van der Waals surface area contributed by atoms with Gasteiger partial charge < -0.3 is 15.0 Å². The lowest BCUT2D eigenvalue weighted by molar-refractivity contribution is -0.143.